The summed E-state index contributed by atoms with van der Waals surface area (Å²) in [6, 6.07) is 0. The van der Waals surface area contributed by atoms with E-state index in [0.29, 0.717) is 10.4 Å². The highest BCUT2D eigenvalue weighted by molar-refractivity contribution is 7.18. The van der Waals surface area contributed by atoms with Crippen molar-refractivity contribution in [2.45, 2.75) is 65.5 Å². The minimum absolute atomic E-state index is 0.0136. The molecule has 180 valence electrons. The minimum Gasteiger partial charge on any atom is -0.464 e. The number of hydrogen-bond donors (Lipinski definition) is 2. The van der Waals surface area contributed by atoms with Crippen LogP contribution in [-0.2, 0) is 24.4 Å². The van der Waals surface area contributed by atoms with E-state index in [1.807, 2.05) is 0 Å². The molecule has 1 amide bonds. The second-order valence-corrected chi connectivity index (χ2v) is 9.29. The van der Waals surface area contributed by atoms with E-state index in [1.165, 1.54) is 7.11 Å². The Labute approximate surface area is 186 Å². The zero-order chi connectivity index (χ0) is 24.4. The third-order valence-electron chi connectivity index (χ3n) is 4.79. The lowest BCUT2D eigenvalue weighted by atomic mass is 10.1. The minimum atomic E-state index is -4.48. The van der Waals surface area contributed by atoms with Crippen molar-refractivity contribution in [3.05, 3.63) is 31.3 Å². The molecule has 9 nitrogen and oxygen atoms in total. The molecule has 0 aromatic carbocycles. The fourth-order valence-electron chi connectivity index (χ4n) is 3.17. The van der Waals surface area contributed by atoms with Gasteiger partial charge in [-0.15, -0.1) is 11.3 Å². The van der Waals surface area contributed by atoms with E-state index in [0.717, 1.165) is 25.5 Å². The Kier molecular flexibility index (Phi) is 7.79. The summed E-state index contributed by atoms with van der Waals surface area (Å²) < 4.78 is 45.3. The lowest BCUT2D eigenvalue weighted by molar-refractivity contribution is -0.136. The number of aromatic nitrogens is 2. The number of alkyl halides is 3. The Morgan fingerprint density at radius 2 is 1.81 bits per heavy atom. The molecule has 0 bridgehead atoms. The van der Waals surface area contributed by atoms with Crippen molar-refractivity contribution in [3.63, 3.8) is 0 Å². The van der Waals surface area contributed by atoms with Gasteiger partial charge in [0.2, 0.25) is 0 Å². The van der Waals surface area contributed by atoms with E-state index in [9.17, 15) is 32.7 Å². The monoisotopic (exact) mass is 480 g/mol. The van der Waals surface area contributed by atoms with Crippen molar-refractivity contribution >= 4 is 27.6 Å². The number of aryl methyl sites for hydroxylation is 2. The Hall–Kier alpha value is -2.38. The molecule has 2 N–H and O–H groups in total. The predicted molar refractivity (Wildman–Crippen MR) is 114 cm³/mol. The molecular formula is C19H27F3N4O5S. The topological polar surface area (TPSA) is 106 Å². The molecule has 2 rings (SSSR count). The van der Waals surface area contributed by atoms with Crippen LogP contribution in [0, 0.1) is 6.92 Å². The Morgan fingerprint density at radius 3 is 2.31 bits per heavy atom. The molecule has 2 aromatic heterocycles. The number of thiophene rings is 1. The number of rotatable bonds is 8. The van der Waals surface area contributed by atoms with Crippen LogP contribution in [0.25, 0.3) is 10.2 Å². The van der Waals surface area contributed by atoms with Crippen molar-refractivity contribution in [3.8, 4) is 0 Å². The highest BCUT2D eigenvalue weighted by Gasteiger charge is 2.29. The second-order valence-electron chi connectivity index (χ2n) is 8.20. The van der Waals surface area contributed by atoms with Crippen LogP contribution in [0.5, 0.6) is 0 Å². The molecule has 0 aliphatic rings. The normalized spacial score (nSPS) is 12.5. The molecule has 0 radical (unpaired) electrons. The molecule has 32 heavy (non-hydrogen) atoms. The maximum Gasteiger partial charge on any atom is 0.422 e. The van der Waals surface area contributed by atoms with Gasteiger partial charge in [0.15, 0.2) is 0 Å². The molecule has 0 spiro atoms. The molecule has 0 unspecified atom stereocenters. The van der Waals surface area contributed by atoms with Gasteiger partial charge in [0.1, 0.15) is 4.83 Å². The highest BCUT2D eigenvalue weighted by atomic mass is 32.1. The van der Waals surface area contributed by atoms with E-state index in [4.69, 9.17) is 4.74 Å². The Morgan fingerprint density at radius 1 is 1.19 bits per heavy atom. The van der Waals surface area contributed by atoms with Crippen LogP contribution < -0.4 is 16.7 Å². The number of ether oxygens (including phenoxy) is 1. The van der Waals surface area contributed by atoms with Crippen LogP contribution in [0.2, 0.25) is 0 Å². The first-order valence-electron chi connectivity index (χ1n) is 9.77. The molecule has 0 fully saturated rings. The van der Waals surface area contributed by atoms with Crippen LogP contribution in [0.1, 0.15) is 37.6 Å². The molecule has 0 aliphatic heterocycles. The molecule has 13 heteroatoms. The smallest absolute Gasteiger partial charge is 0.422 e. The quantitative estimate of drug-likeness (QED) is 0.563. The lowest BCUT2D eigenvalue weighted by Gasteiger charge is -2.33. The van der Waals surface area contributed by atoms with E-state index < -0.39 is 42.0 Å². The van der Waals surface area contributed by atoms with Gasteiger partial charge < -0.3 is 9.84 Å². The van der Waals surface area contributed by atoms with Crippen LogP contribution in [0.15, 0.2) is 9.59 Å². The average Bonchev–Trinajstić information content (AvgIpc) is 2.96. The van der Waals surface area contributed by atoms with Gasteiger partial charge in [0, 0.05) is 18.5 Å². The van der Waals surface area contributed by atoms with Gasteiger partial charge in [0.05, 0.1) is 37.0 Å². The number of amides is 1. The maximum atomic E-state index is 13.0. The summed E-state index contributed by atoms with van der Waals surface area (Å²) in [6.07, 6.45) is -6.92. The van der Waals surface area contributed by atoms with E-state index >= 15 is 0 Å². The summed E-state index contributed by atoms with van der Waals surface area (Å²) in [5, 5.41) is 10.6. The van der Waals surface area contributed by atoms with Gasteiger partial charge >= 0.3 is 18.0 Å². The van der Waals surface area contributed by atoms with Crippen LogP contribution in [0.4, 0.5) is 18.0 Å². The molecule has 0 aliphatic carbocycles. The van der Waals surface area contributed by atoms with Gasteiger partial charge in [-0.25, -0.2) is 20.0 Å². The summed E-state index contributed by atoms with van der Waals surface area (Å²) in [5.41, 5.74) is 1.04. The predicted octanol–water partition coefficient (Wildman–Crippen LogP) is 2.92. The number of hydrogen-bond acceptors (Lipinski definition) is 6. The third-order valence-corrected chi connectivity index (χ3v) is 6.11. The number of nitrogens with one attached hydrogen (secondary N) is 1. The van der Waals surface area contributed by atoms with Crippen molar-refractivity contribution < 1.29 is 27.8 Å². The van der Waals surface area contributed by atoms with Crippen LogP contribution >= 0.6 is 11.3 Å². The fraction of sp³-hybridized carbons (Fsp3) is 0.632. The first-order chi connectivity index (χ1) is 14.7. The van der Waals surface area contributed by atoms with Crippen LogP contribution in [-0.4, -0.2) is 50.8 Å². The average molecular weight is 481 g/mol. The fourth-order valence-corrected chi connectivity index (χ4v) is 4.41. The standard InChI is InChI=1S/C19H27F3N4O5S/c1-11-12(10-23-26(17(29)30)18(2,3)4)32-15-13(11)14(27)24(8-9-31-5)16(28)25(15)7-6-19(20,21)22/h23H,6-10H2,1-5H3,(H,29,30). The van der Waals surface area contributed by atoms with E-state index in [1.54, 1.807) is 27.7 Å². The molecule has 0 saturated heterocycles. The highest BCUT2D eigenvalue weighted by Crippen LogP contribution is 2.29. The Balaban J connectivity index is 2.60. The number of fused-ring (bicyclic) bond motifs is 1. The first-order valence-corrected chi connectivity index (χ1v) is 10.6. The molecule has 0 saturated carbocycles. The summed E-state index contributed by atoms with van der Waals surface area (Å²) in [4.78, 5) is 38.1. The summed E-state index contributed by atoms with van der Waals surface area (Å²) in [5.74, 6) is 0. The maximum absolute atomic E-state index is 13.0. The second kappa shape index (κ2) is 9.63. The van der Waals surface area contributed by atoms with Gasteiger partial charge in [0.25, 0.3) is 5.56 Å². The molecule has 0 atom stereocenters. The first kappa shape index (κ1) is 25.9. The van der Waals surface area contributed by atoms with Gasteiger partial charge in [-0.1, -0.05) is 0 Å². The van der Waals surface area contributed by atoms with Gasteiger partial charge in [-0.3, -0.25) is 13.9 Å². The SMILES string of the molecule is COCCn1c(=O)c2c(C)c(CNN(C(=O)O)C(C)(C)C)sc2n(CCC(F)(F)F)c1=O. The van der Waals surface area contributed by atoms with Gasteiger partial charge in [-0.2, -0.15) is 13.2 Å². The number of nitrogens with zero attached hydrogens (tertiary/aromatic N) is 3. The van der Waals surface area contributed by atoms with Crippen molar-refractivity contribution in [2.24, 2.45) is 0 Å². The summed E-state index contributed by atoms with van der Waals surface area (Å²) >= 11 is 0.995. The zero-order valence-electron chi connectivity index (χ0n) is 18.5. The number of carbonyl (C=O) groups is 1. The number of carboxylic acid groups (broad SMARTS) is 1. The Bertz CT molecular complexity index is 1100. The van der Waals surface area contributed by atoms with Crippen molar-refractivity contribution in [1.82, 2.24) is 19.6 Å². The van der Waals surface area contributed by atoms with E-state index in [2.05, 4.69) is 5.43 Å². The lowest BCUT2D eigenvalue weighted by Crippen LogP contribution is -2.52. The van der Waals surface area contributed by atoms with Crippen LogP contribution in [0.3, 0.4) is 0 Å². The summed E-state index contributed by atoms with van der Waals surface area (Å²) in [6.45, 7) is 6.01. The molecule has 2 aromatic rings. The molecular weight excluding hydrogens is 453 g/mol. The summed E-state index contributed by atoms with van der Waals surface area (Å²) in [7, 11) is 1.38. The van der Waals surface area contributed by atoms with Crippen molar-refractivity contribution in [2.75, 3.05) is 13.7 Å². The van der Waals surface area contributed by atoms with Crippen molar-refractivity contribution in [1.29, 1.82) is 0 Å². The zero-order valence-corrected chi connectivity index (χ0v) is 19.3. The molecule has 2 heterocycles. The third kappa shape index (κ3) is 5.70. The van der Waals surface area contributed by atoms with E-state index in [-0.39, 0.29) is 29.9 Å². The largest absolute Gasteiger partial charge is 0.464 e. The van der Waals surface area contributed by atoms with Gasteiger partial charge in [-0.05, 0) is 33.3 Å². The number of halogens is 3. The number of hydrazine groups is 1. The number of methoxy groups -OCH3 is 1.